The fourth-order valence-electron chi connectivity index (χ4n) is 1.83. The zero-order valence-corrected chi connectivity index (χ0v) is 10.8. The Balaban J connectivity index is 2.33. The van der Waals surface area contributed by atoms with Crippen LogP contribution in [0.5, 0.6) is 0 Å². The quantitative estimate of drug-likeness (QED) is 0.891. The molecule has 0 saturated carbocycles. The van der Waals surface area contributed by atoms with Gasteiger partial charge in [0.05, 0.1) is 5.56 Å². The van der Waals surface area contributed by atoms with E-state index in [1.165, 1.54) is 0 Å². The molecule has 0 saturated heterocycles. The van der Waals surface area contributed by atoms with E-state index in [-0.39, 0.29) is 5.56 Å². The fraction of sp³-hybridized carbons (Fsp3) is 0.231. The largest absolute Gasteiger partial charge is 0.383 e. The highest BCUT2D eigenvalue weighted by molar-refractivity contribution is 6.30. The van der Waals surface area contributed by atoms with Gasteiger partial charge in [0.15, 0.2) is 0 Å². The summed E-state index contributed by atoms with van der Waals surface area (Å²) >= 11 is 5.90. The normalized spacial score (nSPS) is 10.6. The predicted octanol–water partition coefficient (Wildman–Crippen LogP) is 2.16. The van der Waals surface area contributed by atoms with Gasteiger partial charge in [-0.1, -0.05) is 30.7 Å². The predicted molar refractivity (Wildman–Crippen MR) is 72.9 cm³/mol. The number of nitrogens with two attached hydrogens (primary N) is 1. The van der Waals surface area contributed by atoms with Crippen LogP contribution in [0.2, 0.25) is 5.02 Å². The molecule has 1 heterocycles. The van der Waals surface area contributed by atoms with Crippen LogP contribution in [0, 0.1) is 0 Å². The molecule has 2 aromatic rings. The molecule has 1 aromatic heterocycles. The van der Waals surface area contributed by atoms with Crippen LogP contribution >= 0.6 is 11.6 Å². The molecule has 18 heavy (non-hydrogen) atoms. The lowest BCUT2D eigenvalue weighted by Gasteiger charge is -2.05. The van der Waals surface area contributed by atoms with Gasteiger partial charge in [0.25, 0.3) is 5.56 Å². The monoisotopic (exact) mass is 263 g/mol. The van der Waals surface area contributed by atoms with Gasteiger partial charge in [0, 0.05) is 11.4 Å². The van der Waals surface area contributed by atoms with Crippen molar-refractivity contribution >= 4 is 17.4 Å². The number of hydrogen-bond acceptors (Lipinski definition) is 3. The van der Waals surface area contributed by atoms with Crippen LogP contribution in [-0.2, 0) is 12.8 Å². The summed E-state index contributed by atoms with van der Waals surface area (Å²) in [6.07, 6.45) is 1.08. The van der Waals surface area contributed by atoms with Crippen molar-refractivity contribution in [3.63, 3.8) is 0 Å². The van der Waals surface area contributed by atoms with E-state index < -0.39 is 0 Å². The number of aromatic amines is 1. The van der Waals surface area contributed by atoms with Crippen LogP contribution in [0.15, 0.2) is 29.1 Å². The maximum Gasteiger partial charge on any atom is 0.256 e. The summed E-state index contributed by atoms with van der Waals surface area (Å²) in [5, 5.41) is 0.660. The van der Waals surface area contributed by atoms with E-state index in [0.717, 1.165) is 5.56 Å². The molecule has 0 amide bonds. The van der Waals surface area contributed by atoms with Gasteiger partial charge in [-0.15, -0.1) is 0 Å². The lowest BCUT2D eigenvalue weighted by molar-refractivity contribution is 0.916. The second-order valence-corrected chi connectivity index (χ2v) is 4.47. The highest BCUT2D eigenvalue weighted by Gasteiger charge is 2.07. The highest BCUT2D eigenvalue weighted by atomic mass is 35.5. The van der Waals surface area contributed by atoms with Gasteiger partial charge in [-0.3, -0.25) is 4.79 Å². The zero-order valence-electron chi connectivity index (χ0n) is 10.0. The number of nitrogen functional groups attached to an aromatic ring is 1. The Morgan fingerprint density at radius 3 is 2.83 bits per heavy atom. The van der Waals surface area contributed by atoms with Crippen molar-refractivity contribution in [2.75, 3.05) is 5.73 Å². The molecule has 3 N–H and O–H groups in total. The van der Waals surface area contributed by atoms with Crippen molar-refractivity contribution < 1.29 is 0 Å². The standard InChI is InChI=1S/C13H14ClN3O/c1-2-10-12(15)16-11(17-13(10)18)7-8-4-3-5-9(14)6-8/h3-6H,2,7H2,1H3,(H3,15,16,17,18). The highest BCUT2D eigenvalue weighted by Crippen LogP contribution is 2.13. The Morgan fingerprint density at radius 2 is 2.22 bits per heavy atom. The molecule has 5 heteroatoms. The fourth-order valence-corrected chi connectivity index (χ4v) is 2.04. The molecule has 0 aliphatic carbocycles. The van der Waals surface area contributed by atoms with Crippen molar-refractivity contribution in [1.82, 2.24) is 9.97 Å². The molecule has 2 rings (SSSR count). The van der Waals surface area contributed by atoms with Crippen LogP contribution in [0.3, 0.4) is 0 Å². The first-order valence-corrected chi connectivity index (χ1v) is 6.10. The summed E-state index contributed by atoms with van der Waals surface area (Å²) in [7, 11) is 0. The van der Waals surface area contributed by atoms with E-state index in [1.807, 2.05) is 25.1 Å². The molecule has 0 unspecified atom stereocenters. The number of hydrogen-bond donors (Lipinski definition) is 2. The minimum atomic E-state index is -0.165. The first-order valence-electron chi connectivity index (χ1n) is 5.72. The van der Waals surface area contributed by atoms with Crippen LogP contribution in [0.25, 0.3) is 0 Å². The third kappa shape index (κ3) is 2.71. The van der Waals surface area contributed by atoms with Crippen molar-refractivity contribution in [1.29, 1.82) is 0 Å². The lowest BCUT2D eigenvalue weighted by atomic mass is 10.1. The Hall–Kier alpha value is -1.81. The Morgan fingerprint density at radius 1 is 1.44 bits per heavy atom. The smallest absolute Gasteiger partial charge is 0.256 e. The van der Waals surface area contributed by atoms with Crippen molar-refractivity contribution in [2.24, 2.45) is 0 Å². The van der Waals surface area contributed by atoms with Crippen molar-refractivity contribution in [3.05, 3.63) is 56.6 Å². The van der Waals surface area contributed by atoms with Crippen molar-refractivity contribution in [2.45, 2.75) is 19.8 Å². The van der Waals surface area contributed by atoms with Gasteiger partial charge in [-0.25, -0.2) is 4.98 Å². The van der Waals surface area contributed by atoms with Crippen LogP contribution in [-0.4, -0.2) is 9.97 Å². The number of anilines is 1. The first kappa shape index (κ1) is 12.6. The summed E-state index contributed by atoms with van der Waals surface area (Å²) in [5.41, 5.74) is 7.11. The maximum absolute atomic E-state index is 11.7. The van der Waals surface area contributed by atoms with E-state index in [9.17, 15) is 4.79 Å². The lowest BCUT2D eigenvalue weighted by Crippen LogP contribution is -2.19. The molecule has 4 nitrogen and oxygen atoms in total. The first-order chi connectivity index (χ1) is 8.60. The van der Waals surface area contributed by atoms with Gasteiger partial charge >= 0.3 is 0 Å². The molecule has 0 spiro atoms. The van der Waals surface area contributed by atoms with Crippen LogP contribution < -0.4 is 11.3 Å². The van der Waals surface area contributed by atoms with Crippen LogP contribution in [0.1, 0.15) is 23.9 Å². The van der Waals surface area contributed by atoms with Gasteiger partial charge in [0.1, 0.15) is 11.6 Å². The van der Waals surface area contributed by atoms with E-state index in [2.05, 4.69) is 9.97 Å². The summed E-state index contributed by atoms with van der Waals surface area (Å²) < 4.78 is 0. The summed E-state index contributed by atoms with van der Waals surface area (Å²) in [4.78, 5) is 18.7. The van der Waals surface area contributed by atoms with E-state index in [0.29, 0.717) is 35.1 Å². The summed E-state index contributed by atoms with van der Waals surface area (Å²) in [6.45, 7) is 1.87. The van der Waals surface area contributed by atoms with E-state index in [4.69, 9.17) is 17.3 Å². The second kappa shape index (κ2) is 5.23. The van der Waals surface area contributed by atoms with Gasteiger partial charge in [0.2, 0.25) is 0 Å². The maximum atomic E-state index is 11.7. The topological polar surface area (TPSA) is 71.8 Å². The third-order valence-electron chi connectivity index (χ3n) is 2.71. The molecule has 0 aliphatic heterocycles. The molecule has 0 fully saturated rings. The third-order valence-corrected chi connectivity index (χ3v) is 2.95. The van der Waals surface area contributed by atoms with Crippen molar-refractivity contribution in [3.8, 4) is 0 Å². The number of nitrogens with one attached hydrogen (secondary N) is 1. The molecular weight excluding hydrogens is 250 g/mol. The minimum Gasteiger partial charge on any atom is -0.383 e. The molecule has 0 radical (unpaired) electrons. The molecule has 1 aromatic carbocycles. The average Bonchev–Trinajstić information content (AvgIpc) is 2.28. The number of rotatable bonds is 3. The minimum absolute atomic E-state index is 0.165. The number of benzene rings is 1. The number of halogens is 1. The molecule has 0 bridgehead atoms. The molecular formula is C13H14ClN3O. The number of H-pyrrole nitrogens is 1. The number of aromatic nitrogens is 2. The summed E-state index contributed by atoms with van der Waals surface area (Å²) in [5.74, 6) is 0.857. The second-order valence-electron chi connectivity index (χ2n) is 4.04. The molecule has 94 valence electrons. The summed E-state index contributed by atoms with van der Waals surface area (Å²) in [6, 6.07) is 7.43. The molecule has 0 atom stereocenters. The Labute approximate surface area is 110 Å². The van der Waals surface area contributed by atoms with E-state index >= 15 is 0 Å². The van der Waals surface area contributed by atoms with Gasteiger partial charge < -0.3 is 10.7 Å². The SMILES string of the molecule is CCc1c(N)nc(Cc2cccc(Cl)c2)[nH]c1=O. The van der Waals surface area contributed by atoms with Gasteiger partial charge in [-0.05, 0) is 24.1 Å². The number of nitrogens with zero attached hydrogens (tertiary/aromatic N) is 1. The van der Waals surface area contributed by atoms with Crippen LogP contribution in [0.4, 0.5) is 5.82 Å². The zero-order chi connectivity index (χ0) is 13.1. The average molecular weight is 264 g/mol. The Bertz CT molecular complexity index is 622. The Kier molecular flexibility index (Phi) is 3.67. The van der Waals surface area contributed by atoms with E-state index in [1.54, 1.807) is 6.07 Å². The molecule has 0 aliphatic rings. The van der Waals surface area contributed by atoms with Gasteiger partial charge in [-0.2, -0.15) is 0 Å².